The van der Waals surface area contributed by atoms with E-state index >= 15 is 0 Å². The van der Waals surface area contributed by atoms with E-state index in [1.54, 1.807) is 19.2 Å². The van der Waals surface area contributed by atoms with Crippen molar-refractivity contribution in [3.63, 3.8) is 0 Å². The molecule has 1 amide bonds. The maximum absolute atomic E-state index is 12.6. The predicted octanol–water partition coefficient (Wildman–Crippen LogP) is 5.23. The molecular formula is C17H16ClF2NO2S. The number of methoxy groups -OCH3 is 1. The lowest BCUT2D eigenvalue weighted by molar-refractivity contribution is -0.116. The molecule has 0 heterocycles. The lowest BCUT2D eigenvalue weighted by Crippen LogP contribution is -2.13. The van der Waals surface area contributed by atoms with Crippen LogP contribution in [0.1, 0.15) is 12.0 Å². The molecule has 2 aromatic rings. The molecule has 0 unspecified atom stereocenters. The summed E-state index contributed by atoms with van der Waals surface area (Å²) in [5.41, 5.74) is 1.28. The van der Waals surface area contributed by atoms with Crippen molar-refractivity contribution in [2.75, 3.05) is 12.4 Å². The summed E-state index contributed by atoms with van der Waals surface area (Å²) in [6.45, 7) is 0. The third-order valence-electron chi connectivity index (χ3n) is 3.25. The number of halogens is 3. The van der Waals surface area contributed by atoms with Gasteiger partial charge in [-0.1, -0.05) is 41.6 Å². The zero-order valence-corrected chi connectivity index (χ0v) is 14.5. The first-order valence-electron chi connectivity index (χ1n) is 7.15. The van der Waals surface area contributed by atoms with Gasteiger partial charge in [-0.25, -0.2) is 0 Å². The van der Waals surface area contributed by atoms with Crippen molar-refractivity contribution in [3.05, 3.63) is 53.1 Å². The van der Waals surface area contributed by atoms with Gasteiger partial charge in [-0.3, -0.25) is 4.79 Å². The van der Waals surface area contributed by atoms with Gasteiger partial charge in [-0.05, 0) is 36.2 Å². The molecule has 0 aliphatic rings. The highest BCUT2D eigenvalue weighted by molar-refractivity contribution is 7.99. The molecule has 7 heteroatoms. The average molecular weight is 372 g/mol. The number of hydrogen-bond acceptors (Lipinski definition) is 3. The first-order chi connectivity index (χ1) is 11.5. The smallest absolute Gasteiger partial charge is 0.289 e. The maximum atomic E-state index is 12.6. The molecule has 24 heavy (non-hydrogen) atoms. The summed E-state index contributed by atoms with van der Waals surface area (Å²) in [5, 5.41) is 2.84. The molecule has 0 spiro atoms. The van der Waals surface area contributed by atoms with Crippen molar-refractivity contribution >= 4 is 35.0 Å². The van der Waals surface area contributed by atoms with Gasteiger partial charge in [0.15, 0.2) is 0 Å². The lowest BCUT2D eigenvalue weighted by atomic mass is 10.1. The Morgan fingerprint density at radius 2 is 1.96 bits per heavy atom. The summed E-state index contributed by atoms with van der Waals surface area (Å²) < 4.78 is 30.3. The topological polar surface area (TPSA) is 38.3 Å². The summed E-state index contributed by atoms with van der Waals surface area (Å²) in [6, 6.07) is 12.1. The highest BCUT2D eigenvalue weighted by atomic mass is 35.5. The number of aryl methyl sites for hydroxylation is 1. The largest absolute Gasteiger partial charge is 0.497 e. The zero-order valence-electron chi connectivity index (χ0n) is 12.9. The Bertz CT molecular complexity index is 695. The molecule has 0 aromatic heterocycles. The normalized spacial score (nSPS) is 10.7. The molecule has 1 N–H and O–H groups in total. The summed E-state index contributed by atoms with van der Waals surface area (Å²) in [7, 11) is 1.59. The Morgan fingerprint density at radius 1 is 1.25 bits per heavy atom. The Morgan fingerprint density at radius 3 is 2.58 bits per heavy atom. The van der Waals surface area contributed by atoms with Crippen molar-refractivity contribution in [2.45, 2.75) is 23.5 Å². The molecule has 3 nitrogen and oxygen atoms in total. The van der Waals surface area contributed by atoms with Crippen LogP contribution < -0.4 is 10.1 Å². The highest BCUT2D eigenvalue weighted by Gasteiger charge is 2.15. The highest BCUT2D eigenvalue weighted by Crippen LogP contribution is 2.37. The van der Waals surface area contributed by atoms with Gasteiger partial charge < -0.3 is 10.1 Å². The van der Waals surface area contributed by atoms with Crippen LogP contribution in [0.2, 0.25) is 5.02 Å². The summed E-state index contributed by atoms with van der Waals surface area (Å²) in [4.78, 5) is 12.3. The van der Waals surface area contributed by atoms with Gasteiger partial charge in [-0.15, -0.1) is 0 Å². The number of benzene rings is 2. The molecule has 0 aliphatic heterocycles. The molecule has 0 saturated carbocycles. The van der Waals surface area contributed by atoms with Crippen LogP contribution in [0.5, 0.6) is 5.75 Å². The van der Waals surface area contributed by atoms with Crippen molar-refractivity contribution in [1.82, 2.24) is 0 Å². The number of rotatable bonds is 7. The second kappa shape index (κ2) is 8.89. The molecule has 0 bridgehead atoms. The van der Waals surface area contributed by atoms with Crippen LogP contribution in [0, 0.1) is 0 Å². The SMILES string of the molecule is COc1ccc(CCC(=O)Nc2cccc(Cl)c2SC(F)F)cc1. The van der Waals surface area contributed by atoms with Crippen LogP contribution in [0.15, 0.2) is 47.4 Å². The van der Waals surface area contributed by atoms with Gasteiger partial charge in [0.25, 0.3) is 5.76 Å². The number of anilines is 1. The van der Waals surface area contributed by atoms with E-state index in [2.05, 4.69) is 5.32 Å². The Labute approximate surface area is 148 Å². The van der Waals surface area contributed by atoms with Crippen LogP contribution in [0.3, 0.4) is 0 Å². The maximum Gasteiger partial charge on any atom is 0.289 e. The minimum absolute atomic E-state index is 0.173. The molecule has 0 saturated heterocycles. The van der Waals surface area contributed by atoms with Crippen molar-refractivity contribution in [2.24, 2.45) is 0 Å². The quantitative estimate of drug-likeness (QED) is 0.677. The molecule has 128 valence electrons. The first-order valence-corrected chi connectivity index (χ1v) is 8.41. The van der Waals surface area contributed by atoms with E-state index in [1.807, 2.05) is 24.3 Å². The zero-order chi connectivity index (χ0) is 17.5. The van der Waals surface area contributed by atoms with Crippen molar-refractivity contribution in [3.8, 4) is 5.75 Å². The van der Waals surface area contributed by atoms with Crippen molar-refractivity contribution < 1.29 is 18.3 Å². The van der Waals surface area contributed by atoms with E-state index in [0.717, 1.165) is 11.3 Å². The summed E-state index contributed by atoms with van der Waals surface area (Å²) >= 11 is 6.26. The van der Waals surface area contributed by atoms with Crippen LogP contribution in [0.25, 0.3) is 0 Å². The van der Waals surface area contributed by atoms with Crippen LogP contribution in [0.4, 0.5) is 14.5 Å². The Hall–Kier alpha value is -1.79. The minimum Gasteiger partial charge on any atom is -0.497 e. The fourth-order valence-corrected chi connectivity index (χ4v) is 2.99. The molecule has 0 fully saturated rings. The van der Waals surface area contributed by atoms with Gasteiger partial charge in [0.1, 0.15) is 5.75 Å². The molecular weight excluding hydrogens is 356 g/mol. The molecule has 2 aromatic carbocycles. The van der Waals surface area contributed by atoms with Gasteiger partial charge in [0.2, 0.25) is 5.91 Å². The standard InChI is InChI=1S/C17H16ClF2NO2S/c1-23-12-8-5-11(6-9-12)7-10-15(22)21-14-4-2-3-13(18)16(14)24-17(19)20/h2-6,8-9,17H,7,10H2,1H3,(H,21,22). The monoisotopic (exact) mass is 371 g/mol. The number of alkyl halides is 2. The third kappa shape index (κ3) is 5.39. The number of carbonyl (C=O) groups is 1. The lowest BCUT2D eigenvalue weighted by Gasteiger charge is -2.12. The van der Waals surface area contributed by atoms with E-state index in [4.69, 9.17) is 16.3 Å². The molecule has 0 atom stereocenters. The first kappa shape index (κ1) is 18.5. The number of hydrogen-bond donors (Lipinski definition) is 1. The van der Waals surface area contributed by atoms with E-state index in [9.17, 15) is 13.6 Å². The number of nitrogens with one attached hydrogen (secondary N) is 1. The molecule has 0 aliphatic carbocycles. The van der Waals surface area contributed by atoms with E-state index in [0.29, 0.717) is 23.9 Å². The summed E-state index contributed by atoms with van der Waals surface area (Å²) in [6.07, 6.45) is 0.769. The molecule has 0 radical (unpaired) electrons. The van der Waals surface area contributed by atoms with E-state index in [1.165, 1.54) is 6.07 Å². The summed E-state index contributed by atoms with van der Waals surface area (Å²) in [5.74, 6) is -2.13. The van der Waals surface area contributed by atoms with Gasteiger partial charge in [0, 0.05) is 6.42 Å². The van der Waals surface area contributed by atoms with Crippen LogP contribution >= 0.6 is 23.4 Å². The molecule has 2 rings (SSSR count). The van der Waals surface area contributed by atoms with Gasteiger partial charge in [-0.2, -0.15) is 8.78 Å². The Balaban J connectivity index is 1.98. The van der Waals surface area contributed by atoms with Crippen LogP contribution in [-0.2, 0) is 11.2 Å². The number of ether oxygens (including phenoxy) is 1. The predicted molar refractivity (Wildman–Crippen MR) is 93.3 cm³/mol. The van der Waals surface area contributed by atoms with Gasteiger partial charge >= 0.3 is 0 Å². The Kier molecular flexibility index (Phi) is 6.87. The fraction of sp³-hybridized carbons (Fsp3) is 0.235. The van der Waals surface area contributed by atoms with E-state index < -0.39 is 5.76 Å². The van der Waals surface area contributed by atoms with E-state index in [-0.39, 0.29) is 22.2 Å². The number of amides is 1. The second-order valence-corrected chi connectivity index (χ2v) is 6.30. The number of carbonyl (C=O) groups excluding carboxylic acids is 1. The third-order valence-corrected chi connectivity index (χ3v) is 4.53. The minimum atomic E-state index is -2.61. The fourth-order valence-electron chi connectivity index (χ4n) is 2.08. The van der Waals surface area contributed by atoms with Crippen molar-refractivity contribution in [1.29, 1.82) is 0 Å². The van der Waals surface area contributed by atoms with Crippen LogP contribution in [-0.4, -0.2) is 18.8 Å². The second-order valence-electron chi connectivity index (χ2n) is 4.89. The average Bonchev–Trinajstić information content (AvgIpc) is 2.56. The van der Waals surface area contributed by atoms with Gasteiger partial charge in [0.05, 0.1) is 22.7 Å². The number of thioether (sulfide) groups is 1.